The molecule has 0 N–H and O–H groups in total. The second-order valence-electron chi connectivity index (χ2n) is 11.5. The molecule has 1 saturated heterocycles. The van der Waals surface area contributed by atoms with Crippen LogP contribution in [0, 0.1) is 11.8 Å². The molecule has 3 heterocycles. The molecule has 1 amide bonds. The number of benzene rings is 2. The topological polar surface area (TPSA) is 72.3 Å². The quantitative estimate of drug-likeness (QED) is 0.437. The average molecular weight is 518 g/mol. The van der Waals surface area contributed by atoms with Gasteiger partial charge in [0.25, 0.3) is 5.56 Å². The summed E-state index contributed by atoms with van der Waals surface area (Å²) in [6.45, 7) is 5.79. The summed E-state index contributed by atoms with van der Waals surface area (Å²) in [7, 11) is 0. The number of nitrogens with zero attached hydrogens (tertiary/aromatic N) is 3. The number of aldehydes is 1. The van der Waals surface area contributed by atoms with E-state index in [1.165, 1.54) is 5.56 Å². The number of hydrogen-bond donors (Lipinski definition) is 0. The van der Waals surface area contributed by atoms with Crippen molar-refractivity contribution in [2.75, 3.05) is 13.1 Å². The van der Waals surface area contributed by atoms with E-state index in [1.54, 1.807) is 6.07 Å². The van der Waals surface area contributed by atoms with Crippen molar-refractivity contribution >= 4 is 34.7 Å². The van der Waals surface area contributed by atoms with Gasteiger partial charge >= 0.3 is 0 Å². The molecule has 2 aromatic carbocycles. The molecule has 1 aliphatic carbocycles. The van der Waals surface area contributed by atoms with E-state index in [0.29, 0.717) is 16.3 Å². The Balaban J connectivity index is 1.24. The fraction of sp³-hybridized carbons (Fsp3) is 0.467. The SMILES string of the molecule is CC1(C)c2cc(C3CCN(C(=O)C4CCC(C=O)CC4)CC3)ccc2-n2c1nc(=O)c1c(Cl)cccc12. The van der Waals surface area contributed by atoms with E-state index in [9.17, 15) is 14.4 Å². The fourth-order valence-electron chi connectivity index (χ4n) is 6.71. The molecule has 3 aliphatic rings. The predicted octanol–water partition coefficient (Wildman–Crippen LogP) is 5.39. The normalized spacial score (nSPS) is 23.1. The van der Waals surface area contributed by atoms with Crippen LogP contribution < -0.4 is 5.56 Å². The lowest BCUT2D eigenvalue weighted by Crippen LogP contribution is -2.42. The van der Waals surface area contributed by atoms with Crippen molar-refractivity contribution in [3.63, 3.8) is 0 Å². The molecule has 2 fully saturated rings. The maximum Gasteiger partial charge on any atom is 0.282 e. The lowest BCUT2D eigenvalue weighted by molar-refractivity contribution is -0.138. The van der Waals surface area contributed by atoms with Crippen molar-refractivity contribution in [1.29, 1.82) is 0 Å². The summed E-state index contributed by atoms with van der Waals surface area (Å²) in [4.78, 5) is 43.6. The number of carbonyl (C=O) groups excluding carboxylic acids is 2. The van der Waals surface area contributed by atoms with Gasteiger partial charge in [0.1, 0.15) is 12.1 Å². The van der Waals surface area contributed by atoms with Gasteiger partial charge in [-0.15, -0.1) is 0 Å². The van der Waals surface area contributed by atoms with Crippen LogP contribution in [0.25, 0.3) is 16.6 Å². The standard InChI is InChI=1S/C30H32ClN3O3/c1-30(2)22-16-21(19-12-14-33(15-13-19)28(37)20-8-6-18(17-35)7-9-20)10-11-24(22)34-25-5-3-4-23(31)26(25)27(36)32-29(30)34/h3-5,10-11,16-20H,6-9,12-15H2,1-2H3. The van der Waals surface area contributed by atoms with Crippen molar-refractivity contribution in [3.05, 3.63) is 68.7 Å². The van der Waals surface area contributed by atoms with Crippen molar-refractivity contribution in [2.45, 2.75) is 63.7 Å². The third kappa shape index (κ3) is 3.92. The van der Waals surface area contributed by atoms with Crippen molar-refractivity contribution in [1.82, 2.24) is 14.5 Å². The second kappa shape index (κ2) is 9.09. The highest BCUT2D eigenvalue weighted by Crippen LogP contribution is 2.45. The number of likely N-dealkylation sites (tertiary alicyclic amines) is 1. The maximum atomic E-state index is 13.1. The van der Waals surface area contributed by atoms with Crippen LogP contribution in [-0.4, -0.2) is 39.7 Å². The fourth-order valence-corrected chi connectivity index (χ4v) is 6.96. The van der Waals surface area contributed by atoms with Crippen molar-refractivity contribution < 1.29 is 9.59 Å². The molecule has 7 heteroatoms. The van der Waals surface area contributed by atoms with Crippen LogP contribution >= 0.6 is 11.6 Å². The highest BCUT2D eigenvalue weighted by molar-refractivity contribution is 6.35. The van der Waals surface area contributed by atoms with E-state index in [1.807, 2.05) is 17.0 Å². The van der Waals surface area contributed by atoms with Gasteiger partial charge in [0, 0.05) is 24.9 Å². The van der Waals surface area contributed by atoms with E-state index in [2.05, 4.69) is 41.6 Å². The molecule has 1 saturated carbocycles. The number of halogens is 1. The molecule has 0 radical (unpaired) electrons. The minimum absolute atomic E-state index is 0.0748. The Hall–Kier alpha value is -2.99. The zero-order valence-electron chi connectivity index (χ0n) is 21.4. The van der Waals surface area contributed by atoms with E-state index in [0.717, 1.165) is 80.5 Å². The van der Waals surface area contributed by atoms with Crippen LogP contribution in [-0.2, 0) is 15.0 Å². The lowest BCUT2D eigenvalue weighted by atomic mass is 9.80. The molecule has 0 atom stereocenters. The molecule has 6 rings (SSSR count). The Morgan fingerprint density at radius 3 is 2.49 bits per heavy atom. The largest absolute Gasteiger partial charge is 0.342 e. The van der Waals surface area contributed by atoms with Crippen LogP contribution in [0.3, 0.4) is 0 Å². The summed E-state index contributed by atoms with van der Waals surface area (Å²) in [5, 5.41) is 0.878. The Labute approximate surface area is 221 Å². The molecule has 3 aromatic rings. The van der Waals surface area contributed by atoms with Crippen molar-refractivity contribution in [3.8, 4) is 5.69 Å². The van der Waals surface area contributed by atoms with Crippen molar-refractivity contribution in [2.24, 2.45) is 11.8 Å². The number of hydrogen-bond acceptors (Lipinski definition) is 4. The molecule has 0 unspecified atom stereocenters. The Kier molecular flexibility index (Phi) is 5.98. The second-order valence-corrected chi connectivity index (χ2v) is 11.9. The first kappa shape index (κ1) is 24.4. The van der Waals surface area contributed by atoms with Gasteiger partial charge in [-0.05, 0) is 87.6 Å². The van der Waals surface area contributed by atoms with E-state index in [-0.39, 0.29) is 23.3 Å². The molecule has 0 bridgehead atoms. The van der Waals surface area contributed by atoms with Gasteiger partial charge in [-0.3, -0.25) is 14.2 Å². The van der Waals surface area contributed by atoms with Gasteiger partial charge < -0.3 is 9.69 Å². The summed E-state index contributed by atoms with van der Waals surface area (Å²) in [6.07, 6.45) is 6.27. The molecular weight excluding hydrogens is 486 g/mol. The third-order valence-corrected chi connectivity index (χ3v) is 9.27. The first-order chi connectivity index (χ1) is 17.8. The Bertz CT molecular complexity index is 1460. The first-order valence-corrected chi connectivity index (χ1v) is 13.8. The van der Waals surface area contributed by atoms with E-state index in [4.69, 9.17) is 11.6 Å². The number of amides is 1. The van der Waals surface area contributed by atoms with Gasteiger partial charge in [-0.25, -0.2) is 0 Å². The van der Waals surface area contributed by atoms with Crippen LogP contribution in [0.4, 0.5) is 0 Å². The van der Waals surface area contributed by atoms with Crippen LogP contribution in [0.15, 0.2) is 41.2 Å². The lowest BCUT2D eigenvalue weighted by Gasteiger charge is -2.36. The van der Waals surface area contributed by atoms with Gasteiger partial charge in [-0.1, -0.05) is 29.8 Å². The zero-order chi connectivity index (χ0) is 25.9. The van der Waals surface area contributed by atoms with E-state index < -0.39 is 5.41 Å². The highest BCUT2D eigenvalue weighted by Gasteiger charge is 2.39. The first-order valence-electron chi connectivity index (χ1n) is 13.4. The van der Waals surface area contributed by atoms with Crippen LogP contribution in [0.5, 0.6) is 0 Å². The number of rotatable bonds is 3. The summed E-state index contributed by atoms with van der Waals surface area (Å²) in [5.74, 6) is 1.61. The average Bonchev–Trinajstić information content (AvgIpc) is 3.14. The molecule has 2 aliphatic heterocycles. The minimum Gasteiger partial charge on any atom is -0.342 e. The maximum absolute atomic E-state index is 13.1. The molecular formula is C30H32ClN3O3. The molecule has 37 heavy (non-hydrogen) atoms. The number of carbonyl (C=O) groups is 2. The Morgan fingerprint density at radius 1 is 1.05 bits per heavy atom. The van der Waals surface area contributed by atoms with Gasteiger partial charge in [0.05, 0.1) is 27.0 Å². The zero-order valence-corrected chi connectivity index (χ0v) is 22.1. The third-order valence-electron chi connectivity index (χ3n) is 8.95. The minimum atomic E-state index is -0.419. The Morgan fingerprint density at radius 2 is 1.78 bits per heavy atom. The number of fused-ring (bicyclic) bond motifs is 5. The highest BCUT2D eigenvalue weighted by atomic mass is 35.5. The van der Waals surface area contributed by atoms with Crippen LogP contribution in [0.1, 0.15) is 75.2 Å². The molecule has 6 nitrogen and oxygen atoms in total. The molecule has 1 aromatic heterocycles. The summed E-state index contributed by atoms with van der Waals surface area (Å²) >= 11 is 6.39. The number of piperidine rings is 1. The van der Waals surface area contributed by atoms with E-state index >= 15 is 0 Å². The smallest absolute Gasteiger partial charge is 0.282 e. The van der Waals surface area contributed by atoms with Crippen LogP contribution in [0.2, 0.25) is 5.02 Å². The summed E-state index contributed by atoms with van der Waals surface area (Å²) in [6, 6.07) is 12.2. The number of aromatic nitrogens is 2. The van der Waals surface area contributed by atoms with Gasteiger partial charge in [0.2, 0.25) is 5.91 Å². The molecule has 0 spiro atoms. The van der Waals surface area contributed by atoms with Gasteiger partial charge in [0.15, 0.2) is 0 Å². The monoisotopic (exact) mass is 517 g/mol. The summed E-state index contributed by atoms with van der Waals surface area (Å²) in [5.41, 5.74) is 3.57. The predicted molar refractivity (Wildman–Crippen MR) is 145 cm³/mol. The van der Waals surface area contributed by atoms with Gasteiger partial charge in [-0.2, -0.15) is 4.98 Å². The summed E-state index contributed by atoms with van der Waals surface area (Å²) < 4.78 is 2.09. The molecule has 192 valence electrons.